The van der Waals surface area contributed by atoms with E-state index in [0.717, 1.165) is 0 Å². The fraction of sp³-hybridized carbons (Fsp3) is 0.625. The van der Waals surface area contributed by atoms with E-state index in [2.05, 4.69) is 11.2 Å². The molecule has 2 N–H and O–H groups in total. The third-order valence-electron chi connectivity index (χ3n) is 1.16. The number of rotatable bonds is 3. The van der Waals surface area contributed by atoms with Gasteiger partial charge >= 0.3 is 0 Å². The van der Waals surface area contributed by atoms with Crippen molar-refractivity contribution in [3.63, 3.8) is 0 Å². The van der Waals surface area contributed by atoms with E-state index in [4.69, 9.17) is 11.5 Å². The van der Waals surface area contributed by atoms with Crippen LogP contribution in [0.3, 0.4) is 0 Å². The van der Waals surface area contributed by atoms with E-state index in [0.29, 0.717) is 6.42 Å². The highest BCUT2D eigenvalue weighted by Crippen LogP contribution is 1.95. The lowest BCUT2D eigenvalue weighted by molar-refractivity contribution is -0.119. The Hall–Kier alpha value is -1.01. The lowest BCUT2D eigenvalue weighted by Crippen LogP contribution is -2.34. The molecule has 11 heavy (non-hydrogen) atoms. The van der Waals surface area contributed by atoms with Gasteiger partial charge in [0, 0.05) is 13.3 Å². The molecule has 0 saturated carbocycles. The molecular weight excluding hydrogens is 142 g/mol. The topological polar surface area (TPSA) is 49.3 Å². The largest absolute Gasteiger partial charge is 0.393 e. The third-order valence-corrected chi connectivity index (χ3v) is 1.16. The Kier molecular flexibility index (Phi) is 4.32. The van der Waals surface area contributed by atoms with Crippen LogP contribution in [0.15, 0.2) is 0 Å². The second-order valence-electron chi connectivity index (χ2n) is 2.50. The standard InChI is InChI=1S/C8H13NO2/c1-4-8(5-6(2)10)9-7(3)11/h1,6,8,10H,5H2,2-3H3,(H,9,11)/t6-,8+/m1/s1. The summed E-state index contributed by atoms with van der Waals surface area (Å²) in [6.07, 6.45) is 5.01. The van der Waals surface area contributed by atoms with Gasteiger partial charge in [-0.3, -0.25) is 4.79 Å². The first-order valence-electron chi connectivity index (χ1n) is 3.47. The Bertz CT molecular complexity index is 169. The van der Waals surface area contributed by atoms with Crippen LogP contribution in [0, 0.1) is 12.3 Å². The van der Waals surface area contributed by atoms with E-state index >= 15 is 0 Å². The minimum absolute atomic E-state index is 0.173. The van der Waals surface area contributed by atoms with Crippen molar-refractivity contribution < 1.29 is 9.90 Å². The highest BCUT2D eigenvalue weighted by molar-refractivity contribution is 5.73. The van der Waals surface area contributed by atoms with Crippen molar-refractivity contribution >= 4 is 5.91 Å². The van der Waals surface area contributed by atoms with Crippen molar-refractivity contribution in [1.29, 1.82) is 0 Å². The van der Waals surface area contributed by atoms with Crippen molar-refractivity contribution in [2.24, 2.45) is 0 Å². The number of carbonyl (C=O) groups is 1. The van der Waals surface area contributed by atoms with Crippen LogP contribution in [0.4, 0.5) is 0 Å². The molecule has 0 heterocycles. The summed E-state index contributed by atoms with van der Waals surface area (Å²) >= 11 is 0. The minimum Gasteiger partial charge on any atom is -0.393 e. The van der Waals surface area contributed by atoms with Crippen molar-refractivity contribution in [2.75, 3.05) is 0 Å². The first-order chi connectivity index (χ1) is 5.06. The molecule has 0 aliphatic heterocycles. The number of aliphatic hydroxyl groups is 1. The molecule has 0 aromatic carbocycles. The average Bonchev–Trinajstić information content (AvgIpc) is 1.84. The predicted octanol–water partition coefficient (Wildman–Crippen LogP) is -0.105. The molecule has 3 heteroatoms. The quantitative estimate of drug-likeness (QED) is 0.559. The number of hydrogen-bond donors (Lipinski definition) is 2. The molecule has 0 aromatic rings. The molecule has 0 bridgehead atoms. The zero-order chi connectivity index (χ0) is 8.85. The smallest absolute Gasteiger partial charge is 0.217 e. The molecule has 2 atom stereocenters. The van der Waals surface area contributed by atoms with Crippen LogP contribution in [0.5, 0.6) is 0 Å². The Morgan fingerprint density at radius 3 is 2.64 bits per heavy atom. The highest BCUT2D eigenvalue weighted by atomic mass is 16.3. The maximum Gasteiger partial charge on any atom is 0.217 e. The summed E-state index contributed by atoms with van der Waals surface area (Å²) in [5.41, 5.74) is 0. The van der Waals surface area contributed by atoms with Gasteiger partial charge in [0.05, 0.1) is 12.1 Å². The first-order valence-corrected chi connectivity index (χ1v) is 3.47. The molecule has 0 aromatic heterocycles. The molecule has 0 radical (unpaired) electrons. The minimum atomic E-state index is -0.483. The van der Waals surface area contributed by atoms with Crippen LogP contribution in [-0.2, 0) is 4.79 Å². The normalized spacial score (nSPS) is 14.7. The zero-order valence-electron chi connectivity index (χ0n) is 6.79. The highest BCUT2D eigenvalue weighted by Gasteiger charge is 2.08. The van der Waals surface area contributed by atoms with Gasteiger partial charge in [0.2, 0.25) is 5.91 Å². The Morgan fingerprint density at radius 2 is 2.36 bits per heavy atom. The number of terminal acetylenes is 1. The number of hydrogen-bond acceptors (Lipinski definition) is 2. The molecule has 0 rings (SSSR count). The van der Waals surface area contributed by atoms with Gasteiger partial charge in [0.25, 0.3) is 0 Å². The molecule has 0 aliphatic rings. The van der Waals surface area contributed by atoms with Crippen LogP contribution in [-0.4, -0.2) is 23.2 Å². The van der Waals surface area contributed by atoms with Gasteiger partial charge in [-0.1, -0.05) is 5.92 Å². The third kappa shape index (κ3) is 5.43. The van der Waals surface area contributed by atoms with Crippen LogP contribution in [0.1, 0.15) is 20.3 Å². The summed E-state index contributed by atoms with van der Waals surface area (Å²) in [4.78, 5) is 10.5. The maximum atomic E-state index is 10.5. The second-order valence-corrected chi connectivity index (χ2v) is 2.50. The van der Waals surface area contributed by atoms with Gasteiger partial charge in [0.15, 0.2) is 0 Å². The van der Waals surface area contributed by atoms with E-state index < -0.39 is 6.10 Å². The first kappa shape index (κ1) is 9.99. The molecule has 3 nitrogen and oxygen atoms in total. The zero-order valence-corrected chi connectivity index (χ0v) is 6.79. The lowest BCUT2D eigenvalue weighted by atomic mass is 10.1. The number of nitrogens with one attached hydrogen (secondary N) is 1. The summed E-state index contributed by atoms with van der Waals surface area (Å²) in [5, 5.41) is 11.4. The van der Waals surface area contributed by atoms with Crippen molar-refractivity contribution in [3.05, 3.63) is 0 Å². The van der Waals surface area contributed by atoms with E-state index in [1.165, 1.54) is 6.92 Å². The fourth-order valence-corrected chi connectivity index (χ4v) is 0.755. The Morgan fingerprint density at radius 1 is 1.82 bits per heavy atom. The maximum absolute atomic E-state index is 10.5. The molecular formula is C8H13NO2. The monoisotopic (exact) mass is 155 g/mol. The van der Waals surface area contributed by atoms with Gasteiger partial charge in [-0.2, -0.15) is 0 Å². The Labute approximate surface area is 66.8 Å². The summed E-state index contributed by atoms with van der Waals surface area (Å²) in [6, 6.07) is -0.354. The van der Waals surface area contributed by atoms with Crippen LogP contribution in [0.25, 0.3) is 0 Å². The van der Waals surface area contributed by atoms with Gasteiger partial charge < -0.3 is 10.4 Å². The van der Waals surface area contributed by atoms with Crippen molar-refractivity contribution in [3.8, 4) is 12.3 Å². The molecule has 0 aliphatic carbocycles. The molecule has 1 amide bonds. The summed E-state index contributed by atoms with van der Waals surface area (Å²) in [7, 11) is 0. The van der Waals surface area contributed by atoms with E-state index in [1.807, 2.05) is 0 Å². The van der Waals surface area contributed by atoms with Crippen molar-refractivity contribution in [2.45, 2.75) is 32.4 Å². The second kappa shape index (κ2) is 4.75. The van der Waals surface area contributed by atoms with E-state index in [9.17, 15) is 4.79 Å². The number of amides is 1. The lowest BCUT2D eigenvalue weighted by Gasteiger charge is -2.12. The van der Waals surface area contributed by atoms with Gasteiger partial charge in [-0.15, -0.1) is 6.42 Å². The summed E-state index contributed by atoms with van der Waals surface area (Å²) in [6.45, 7) is 3.03. The van der Waals surface area contributed by atoms with Gasteiger partial charge in [-0.05, 0) is 6.92 Å². The average molecular weight is 155 g/mol. The summed E-state index contributed by atoms with van der Waals surface area (Å²) in [5.74, 6) is 2.20. The van der Waals surface area contributed by atoms with E-state index in [1.54, 1.807) is 6.92 Å². The Balaban J connectivity index is 3.79. The van der Waals surface area contributed by atoms with Gasteiger partial charge in [-0.25, -0.2) is 0 Å². The van der Waals surface area contributed by atoms with Gasteiger partial charge in [0.1, 0.15) is 0 Å². The molecule has 0 saturated heterocycles. The fourth-order valence-electron chi connectivity index (χ4n) is 0.755. The van der Waals surface area contributed by atoms with Crippen LogP contribution >= 0.6 is 0 Å². The summed E-state index contributed by atoms with van der Waals surface area (Å²) < 4.78 is 0. The number of aliphatic hydroxyl groups excluding tert-OH is 1. The van der Waals surface area contributed by atoms with Crippen molar-refractivity contribution in [1.82, 2.24) is 5.32 Å². The molecule has 0 unspecified atom stereocenters. The predicted molar refractivity (Wildman–Crippen MR) is 42.7 cm³/mol. The molecule has 0 fully saturated rings. The van der Waals surface area contributed by atoms with Crippen LogP contribution < -0.4 is 5.32 Å². The van der Waals surface area contributed by atoms with Crippen LogP contribution in [0.2, 0.25) is 0 Å². The van der Waals surface area contributed by atoms with E-state index in [-0.39, 0.29) is 11.9 Å². The number of carbonyl (C=O) groups excluding carboxylic acids is 1. The molecule has 62 valence electrons. The molecule has 0 spiro atoms. The SMILES string of the molecule is C#C[C@@H](C[C@@H](C)O)NC(C)=O.